The molecule has 0 unspecified atom stereocenters. The van der Waals surface area contributed by atoms with Crippen molar-refractivity contribution < 1.29 is 14.3 Å². The van der Waals surface area contributed by atoms with E-state index in [2.05, 4.69) is 30.7 Å². The highest BCUT2D eigenvalue weighted by atomic mass is 16.6. The van der Waals surface area contributed by atoms with E-state index in [0.29, 0.717) is 35.2 Å². The molecule has 0 spiro atoms. The average Bonchev–Trinajstić information content (AvgIpc) is 2.68. The van der Waals surface area contributed by atoms with E-state index >= 15 is 0 Å². The molecular weight excluding hydrogens is 396 g/mol. The summed E-state index contributed by atoms with van der Waals surface area (Å²) in [6.45, 7) is 8.48. The summed E-state index contributed by atoms with van der Waals surface area (Å²) in [4.78, 5) is 22.8. The smallest absolute Gasteiger partial charge is 0.409 e. The molecule has 1 aromatic heterocycles. The van der Waals surface area contributed by atoms with Crippen molar-refractivity contribution in [3.05, 3.63) is 23.3 Å². The molecule has 2 rings (SSSR count). The molecule has 0 aliphatic heterocycles. The molecule has 0 bridgehead atoms. The van der Waals surface area contributed by atoms with Crippen molar-refractivity contribution in [2.24, 2.45) is 17.0 Å². The average molecular weight is 435 g/mol. The molecule has 1 aromatic rings. The van der Waals surface area contributed by atoms with Crippen LogP contribution >= 0.6 is 0 Å². The number of hydrogen-bond acceptors (Lipinski definition) is 8. The van der Waals surface area contributed by atoms with Crippen molar-refractivity contribution in [1.29, 1.82) is 0 Å². The third-order valence-corrected chi connectivity index (χ3v) is 5.10. The third-order valence-electron chi connectivity index (χ3n) is 5.10. The highest BCUT2D eigenvalue weighted by Gasteiger charge is 2.21. The zero-order valence-electron chi connectivity index (χ0n) is 19.8. The van der Waals surface area contributed by atoms with Gasteiger partial charge in [-0.25, -0.2) is 20.6 Å². The number of amides is 1. The standard InChI is InChI=1S/C22H38N6O3/c1-15-20(31-16-10-8-7-9-11-16)25-12-17(26-15)19(23)18(28(6)24)13-30-21(29)27(5)14-22(2,3)4/h12,16H,7-11,13-14,23-24H2,1-6H3/b19-18-. The van der Waals surface area contributed by atoms with E-state index in [1.54, 1.807) is 20.3 Å². The lowest BCUT2D eigenvalue weighted by Crippen LogP contribution is -2.37. The molecule has 174 valence electrons. The van der Waals surface area contributed by atoms with E-state index in [4.69, 9.17) is 21.1 Å². The van der Waals surface area contributed by atoms with Gasteiger partial charge in [-0.3, -0.25) is 0 Å². The van der Waals surface area contributed by atoms with Crippen LogP contribution in [0.2, 0.25) is 0 Å². The lowest BCUT2D eigenvalue weighted by Gasteiger charge is -2.27. The summed E-state index contributed by atoms with van der Waals surface area (Å²) in [6, 6.07) is 0. The van der Waals surface area contributed by atoms with Gasteiger partial charge in [-0.1, -0.05) is 27.2 Å². The number of aryl methyl sites for hydroxylation is 1. The predicted molar refractivity (Wildman–Crippen MR) is 121 cm³/mol. The summed E-state index contributed by atoms with van der Waals surface area (Å²) < 4.78 is 11.5. The van der Waals surface area contributed by atoms with Crippen LogP contribution in [0.1, 0.15) is 64.3 Å². The highest BCUT2D eigenvalue weighted by molar-refractivity contribution is 5.68. The summed E-state index contributed by atoms with van der Waals surface area (Å²) in [7, 11) is 3.34. The van der Waals surface area contributed by atoms with Crippen LogP contribution in [0.4, 0.5) is 4.79 Å². The molecular formula is C22H38N6O3. The summed E-state index contributed by atoms with van der Waals surface area (Å²) in [6.07, 6.45) is 7.02. The number of rotatable bonds is 7. The molecule has 1 amide bonds. The molecule has 0 aromatic carbocycles. The number of carbonyl (C=O) groups is 1. The van der Waals surface area contributed by atoms with Gasteiger partial charge in [-0.05, 0) is 38.0 Å². The Balaban J connectivity index is 2.11. The first-order chi connectivity index (χ1) is 14.5. The molecule has 9 nitrogen and oxygen atoms in total. The van der Waals surface area contributed by atoms with Gasteiger partial charge in [0.2, 0.25) is 5.88 Å². The van der Waals surface area contributed by atoms with Gasteiger partial charge in [-0.15, -0.1) is 0 Å². The molecule has 0 atom stereocenters. The predicted octanol–water partition coefficient (Wildman–Crippen LogP) is 3.04. The van der Waals surface area contributed by atoms with Crippen LogP contribution in [0.15, 0.2) is 11.9 Å². The maximum atomic E-state index is 12.3. The number of hydrazine groups is 1. The third kappa shape index (κ3) is 7.57. The number of aromatic nitrogens is 2. The van der Waals surface area contributed by atoms with Crippen LogP contribution in [0.25, 0.3) is 5.70 Å². The van der Waals surface area contributed by atoms with Crippen LogP contribution in [0.5, 0.6) is 5.88 Å². The molecule has 1 aliphatic carbocycles. The van der Waals surface area contributed by atoms with Crippen LogP contribution in [0, 0.1) is 12.3 Å². The van der Waals surface area contributed by atoms with Gasteiger partial charge in [0.25, 0.3) is 0 Å². The molecule has 1 fully saturated rings. The second-order valence-corrected chi connectivity index (χ2v) is 9.47. The maximum absolute atomic E-state index is 12.3. The van der Waals surface area contributed by atoms with Gasteiger partial charge in [0.15, 0.2) is 0 Å². The van der Waals surface area contributed by atoms with Crippen LogP contribution < -0.4 is 16.3 Å². The van der Waals surface area contributed by atoms with Gasteiger partial charge in [0.1, 0.15) is 24.1 Å². The van der Waals surface area contributed by atoms with E-state index in [1.165, 1.54) is 29.2 Å². The fraction of sp³-hybridized carbons (Fsp3) is 0.682. The number of likely N-dealkylation sites (N-methyl/N-ethyl adjacent to an activating group) is 1. The summed E-state index contributed by atoms with van der Waals surface area (Å²) in [5.41, 5.74) is 8.14. The van der Waals surface area contributed by atoms with Crippen molar-refractivity contribution >= 4 is 11.8 Å². The van der Waals surface area contributed by atoms with Crippen molar-refractivity contribution in [2.75, 3.05) is 27.2 Å². The number of hydrogen-bond donors (Lipinski definition) is 2. The first kappa shape index (κ1) is 24.7. The summed E-state index contributed by atoms with van der Waals surface area (Å²) in [5, 5.41) is 1.33. The second-order valence-electron chi connectivity index (χ2n) is 9.47. The van der Waals surface area contributed by atoms with E-state index < -0.39 is 6.09 Å². The Morgan fingerprint density at radius 2 is 1.87 bits per heavy atom. The van der Waals surface area contributed by atoms with Gasteiger partial charge in [-0.2, -0.15) is 0 Å². The molecule has 1 heterocycles. The Bertz CT molecular complexity index is 782. The number of carbonyl (C=O) groups excluding carboxylic acids is 1. The maximum Gasteiger partial charge on any atom is 0.409 e. The molecule has 9 heteroatoms. The second kappa shape index (κ2) is 10.7. The molecule has 4 N–H and O–H groups in total. The minimum Gasteiger partial charge on any atom is -0.473 e. The quantitative estimate of drug-likeness (QED) is 0.496. The Morgan fingerprint density at radius 3 is 2.42 bits per heavy atom. The van der Waals surface area contributed by atoms with Crippen molar-refractivity contribution in [3.63, 3.8) is 0 Å². The summed E-state index contributed by atoms with van der Waals surface area (Å²) in [5.74, 6) is 6.48. The molecule has 0 saturated heterocycles. The lowest BCUT2D eigenvalue weighted by molar-refractivity contribution is 0.101. The Morgan fingerprint density at radius 1 is 1.23 bits per heavy atom. The monoisotopic (exact) mass is 434 g/mol. The Labute approximate surface area is 185 Å². The van der Waals surface area contributed by atoms with Gasteiger partial charge < -0.3 is 25.1 Å². The fourth-order valence-corrected chi connectivity index (χ4v) is 3.59. The van der Waals surface area contributed by atoms with Crippen LogP contribution in [0.3, 0.4) is 0 Å². The van der Waals surface area contributed by atoms with Crippen molar-refractivity contribution in [1.82, 2.24) is 19.9 Å². The van der Waals surface area contributed by atoms with Crippen LogP contribution in [-0.4, -0.2) is 59.3 Å². The Hall–Kier alpha value is -2.55. The van der Waals surface area contributed by atoms with Gasteiger partial charge >= 0.3 is 6.09 Å². The fourth-order valence-electron chi connectivity index (χ4n) is 3.59. The topological polar surface area (TPSA) is 120 Å². The molecule has 1 saturated carbocycles. The first-order valence-electron chi connectivity index (χ1n) is 10.8. The number of ether oxygens (including phenoxy) is 2. The normalized spacial score (nSPS) is 15.8. The SMILES string of the molecule is Cc1nc(/C(N)=C(\COC(=O)N(C)CC(C)(C)C)N(C)N)cnc1OC1CCCCC1. The number of nitrogens with two attached hydrogens (primary N) is 2. The highest BCUT2D eigenvalue weighted by Crippen LogP contribution is 2.24. The molecule has 0 radical (unpaired) electrons. The van der Waals surface area contributed by atoms with Crippen molar-refractivity contribution in [3.8, 4) is 5.88 Å². The zero-order chi connectivity index (χ0) is 23.2. The van der Waals surface area contributed by atoms with E-state index in [-0.39, 0.29) is 18.1 Å². The minimum absolute atomic E-state index is 0.0370. The first-order valence-corrected chi connectivity index (χ1v) is 10.8. The van der Waals surface area contributed by atoms with E-state index in [1.807, 2.05) is 6.92 Å². The van der Waals surface area contributed by atoms with Gasteiger partial charge in [0, 0.05) is 20.6 Å². The zero-order valence-corrected chi connectivity index (χ0v) is 19.8. The largest absolute Gasteiger partial charge is 0.473 e. The lowest BCUT2D eigenvalue weighted by atomic mass is 9.96. The molecule has 1 aliphatic rings. The van der Waals surface area contributed by atoms with Crippen molar-refractivity contribution in [2.45, 2.75) is 65.9 Å². The van der Waals surface area contributed by atoms with E-state index in [0.717, 1.165) is 12.8 Å². The van der Waals surface area contributed by atoms with Gasteiger partial charge in [0.05, 0.1) is 17.6 Å². The van der Waals surface area contributed by atoms with Crippen LogP contribution in [-0.2, 0) is 4.74 Å². The summed E-state index contributed by atoms with van der Waals surface area (Å²) >= 11 is 0. The Kier molecular flexibility index (Phi) is 8.50. The minimum atomic E-state index is -0.444. The van der Waals surface area contributed by atoms with E-state index in [9.17, 15) is 4.79 Å². The molecule has 31 heavy (non-hydrogen) atoms. The number of nitrogens with zero attached hydrogens (tertiary/aromatic N) is 4.